The summed E-state index contributed by atoms with van der Waals surface area (Å²) < 4.78 is 6.27. The van der Waals surface area contributed by atoms with E-state index in [1.807, 2.05) is 0 Å². The molecule has 1 atom stereocenters. The van der Waals surface area contributed by atoms with Crippen molar-refractivity contribution in [2.24, 2.45) is 0 Å². The van der Waals surface area contributed by atoms with Gasteiger partial charge in [0.2, 0.25) is 0 Å². The minimum atomic E-state index is 0.424. The summed E-state index contributed by atoms with van der Waals surface area (Å²) in [6.07, 6.45) is 2.19. The molecule has 96 valence electrons. The summed E-state index contributed by atoms with van der Waals surface area (Å²) in [6.45, 7) is 6.14. The summed E-state index contributed by atoms with van der Waals surface area (Å²) in [6, 6.07) is 6.90. The van der Waals surface area contributed by atoms with Gasteiger partial charge in [-0.25, -0.2) is 0 Å². The first-order valence-corrected chi connectivity index (χ1v) is 6.96. The maximum atomic E-state index is 5.12. The molecule has 3 heteroatoms. The van der Waals surface area contributed by atoms with Crippen LogP contribution in [0.15, 0.2) is 22.7 Å². The van der Waals surface area contributed by atoms with Gasteiger partial charge in [0.15, 0.2) is 0 Å². The van der Waals surface area contributed by atoms with E-state index >= 15 is 0 Å². The zero-order valence-corrected chi connectivity index (χ0v) is 12.5. The number of aryl methyl sites for hydroxylation is 1. The summed E-state index contributed by atoms with van der Waals surface area (Å²) in [5.74, 6) is 0. The van der Waals surface area contributed by atoms with Crippen molar-refractivity contribution in [3.05, 3.63) is 33.8 Å². The number of rotatable bonds is 7. The van der Waals surface area contributed by atoms with E-state index in [2.05, 4.69) is 53.3 Å². The van der Waals surface area contributed by atoms with Crippen LogP contribution in [0.5, 0.6) is 0 Å². The maximum absolute atomic E-state index is 5.12. The largest absolute Gasteiger partial charge is 0.385 e. The Kier molecular flexibility index (Phi) is 6.78. The molecule has 0 aliphatic carbocycles. The second-order valence-electron chi connectivity index (χ2n) is 4.25. The molecule has 0 fully saturated rings. The topological polar surface area (TPSA) is 21.3 Å². The quantitative estimate of drug-likeness (QED) is 0.773. The lowest BCUT2D eigenvalue weighted by Gasteiger charge is -2.20. The molecule has 0 saturated heterocycles. The maximum Gasteiger partial charge on any atom is 0.0462 e. The van der Waals surface area contributed by atoms with Gasteiger partial charge in [-0.3, -0.25) is 0 Å². The Bertz CT molecular complexity index is 341. The Morgan fingerprint density at radius 2 is 2.18 bits per heavy atom. The van der Waals surface area contributed by atoms with Crippen LogP contribution in [0.25, 0.3) is 0 Å². The summed E-state index contributed by atoms with van der Waals surface area (Å²) >= 11 is 3.55. The molecule has 0 amide bonds. The first kappa shape index (κ1) is 14.7. The van der Waals surface area contributed by atoms with Gasteiger partial charge in [-0.05, 0) is 49.6 Å². The Balaban J connectivity index is 2.77. The Hall–Kier alpha value is -0.380. The molecule has 0 aliphatic rings. The SMILES string of the molecule is CCNC(CCCOC)c1cc(Br)ccc1C. The van der Waals surface area contributed by atoms with Crippen molar-refractivity contribution in [1.82, 2.24) is 5.32 Å². The van der Waals surface area contributed by atoms with E-state index in [1.54, 1.807) is 7.11 Å². The molecule has 0 heterocycles. The third kappa shape index (κ3) is 4.78. The van der Waals surface area contributed by atoms with Crippen LogP contribution in [0.4, 0.5) is 0 Å². The Morgan fingerprint density at radius 3 is 2.82 bits per heavy atom. The van der Waals surface area contributed by atoms with Gasteiger partial charge >= 0.3 is 0 Å². The first-order valence-electron chi connectivity index (χ1n) is 6.17. The smallest absolute Gasteiger partial charge is 0.0462 e. The van der Waals surface area contributed by atoms with Crippen molar-refractivity contribution in [1.29, 1.82) is 0 Å². The van der Waals surface area contributed by atoms with E-state index in [4.69, 9.17) is 4.74 Å². The van der Waals surface area contributed by atoms with Crippen LogP contribution in [-0.4, -0.2) is 20.3 Å². The van der Waals surface area contributed by atoms with Gasteiger partial charge in [0.25, 0.3) is 0 Å². The fraction of sp³-hybridized carbons (Fsp3) is 0.571. The molecular formula is C14H22BrNO. The molecule has 0 aromatic heterocycles. The number of hydrogen-bond acceptors (Lipinski definition) is 2. The normalized spacial score (nSPS) is 12.7. The highest BCUT2D eigenvalue weighted by molar-refractivity contribution is 9.10. The first-order chi connectivity index (χ1) is 8.19. The van der Waals surface area contributed by atoms with Gasteiger partial charge in [0.05, 0.1) is 0 Å². The predicted octanol–water partition coefficient (Wildman–Crippen LogP) is 3.83. The van der Waals surface area contributed by atoms with Crippen LogP contribution in [0.1, 0.15) is 36.9 Å². The van der Waals surface area contributed by atoms with Gasteiger partial charge in [0.1, 0.15) is 0 Å². The van der Waals surface area contributed by atoms with Crippen LogP contribution >= 0.6 is 15.9 Å². The summed E-state index contributed by atoms with van der Waals surface area (Å²) in [4.78, 5) is 0. The fourth-order valence-electron chi connectivity index (χ4n) is 2.03. The average Bonchev–Trinajstić information content (AvgIpc) is 2.32. The van der Waals surface area contributed by atoms with Gasteiger partial charge in [-0.1, -0.05) is 28.9 Å². The molecule has 0 aliphatic heterocycles. The molecule has 1 rings (SSSR count). The molecule has 0 bridgehead atoms. The zero-order chi connectivity index (χ0) is 12.7. The molecule has 17 heavy (non-hydrogen) atoms. The number of methoxy groups -OCH3 is 1. The zero-order valence-electron chi connectivity index (χ0n) is 10.9. The second kappa shape index (κ2) is 7.85. The monoisotopic (exact) mass is 299 g/mol. The van der Waals surface area contributed by atoms with Crippen LogP contribution in [-0.2, 0) is 4.74 Å². The molecule has 1 unspecified atom stereocenters. The lowest BCUT2D eigenvalue weighted by molar-refractivity contribution is 0.189. The summed E-state index contributed by atoms with van der Waals surface area (Å²) in [5.41, 5.74) is 2.73. The number of ether oxygens (including phenoxy) is 1. The van der Waals surface area contributed by atoms with Gasteiger partial charge in [-0.2, -0.15) is 0 Å². The van der Waals surface area contributed by atoms with E-state index in [1.165, 1.54) is 11.1 Å². The van der Waals surface area contributed by atoms with E-state index in [9.17, 15) is 0 Å². The third-order valence-corrected chi connectivity index (χ3v) is 3.40. The lowest BCUT2D eigenvalue weighted by Crippen LogP contribution is -2.22. The van der Waals surface area contributed by atoms with Crippen molar-refractivity contribution in [2.45, 2.75) is 32.7 Å². The Morgan fingerprint density at radius 1 is 1.41 bits per heavy atom. The lowest BCUT2D eigenvalue weighted by atomic mass is 9.97. The van der Waals surface area contributed by atoms with E-state index in [-0.39, 0.29) is 0 Å². The van der Waals surface area contributed by atoms with Crippen molar-refractivity contribution >= 4 is 15.9 Å². The average molecular weight is 300 g/mol. The predicted molar refractivity (Wildman–Crippen MR) is 76.4 cm³/mol. The molecular weight excluding hydrogens is 278 g/mol. The Labute approximate surface area is 113 Å². The number of benzene rings is 1. The molecule has 0 saturated carbocycles. The van der Waals surface area contributed by atoms with Crippen molar-refractivity contribution in [2.75, 3.05) is 20.3 Å². The van der Waals surface area contributed by atoms with Crippen LogP contribution < -0.4 is 5.32 Å². The summed E-state index contributed by atoms with van der Waals surface area (Å²) in [7, 11) is 1.76. The number of hydrogen-bond donors (Lipinski definition) is 1. The minimum absolute atomic E-state index is 0.424. The van der Waals surface area contributed by atoms with E-state index < -0.39 is 0 Å². The van der Waals surface area contributed by atoms with E-state index in [0.29, 0.717) is 6.04 Å². The van der Waals surface area contributed by atoms with E-state index in [0.717, 1.165) is 30.5 Å². The molecule has 0 radical (unpaired) electrons. The third-order valence-electron chi connectivity index (χ3n) is 2.91. The van der Waals surface area contributed by atoms with Crippen molar-refractivity contribution < 1.29 is 4.74 Å². The molecule has 1 aromatic carbocycles. The fourth-order valence-corrected chi connectivity index (χ4v) is 2.41. The minimum Gasteiger partial charge on any atom is -0.385 e. The molecule has 2 nitrogen and oxygen atoms in total. The van der Waals surface area contributed by atoms with Gasteiger partial charge in [-0.15, -0.1) is 0 Å². The second-order valence-corrected chi connectivity index (χ2v) is 5.16. The van der Waals surface area contributed by atoms with Crippen LogP contribution in [0.3, 0.4) is 0 Å². The van der Waals surface area contributed by atoms with Gasteiger partial charge < -0.3 is 10.1 Å². The van der Waals surface area contributed by atoms with Crippen LogP contribution in [0, 0.1) is 6.92 Å². The number of halogens is 1. The molecule has 1 aromatic rings. The van der Waals surface area contributed by atoms with Crippen molar-refractivity contribution in [3.8, 4) is 0 Å². The number of nitrogens with one attached hydrogen (secondary N) is 1. The van der Waals surface area contributed by atoms with Crippen molar-refractivity contribution in [3.63, 3.8) is 0 Å². The molecule has 0 spiro atoms. The van der Waals surface area contributed by atoms with Crippen LogP contribution in [0.2, 0.25) is 0 Å². The highest BCUT2D eigenvalue weighted by Crippen LogP contribution is 2.25. The van der Waals surface area contributed by atoms with Gasteiger partial charge in [0, 0.05) is 24.2 Å². The standard InChI is InChI=1S/C14H22BrNO/c1-4-16-14(6-5-9-17-3)13-10-12(15)8-7-11(13)2/h7-8,10,14,16H,4-6,9H2,1-3H3. The highest BCUT2D eigenvalue weighted by atomic mass is 79.9. The highest BCUT2D eigenvalue weighted by Gasteiger charge is 2.12. The summed E-state index contributed by atoms with van der Waals surface area (Å²) in [5, 5.41) is 3.55. The molecule has 1 N–H and O–H groups in total.